The molecule has 2 aromatic carbocycles. The van der Waals surface area contributed by atoms with Crippen LogP contribution in [0.4, 0.5) is 17.2 Å². The number of carbonyl (C=O) groups is 1. The predicted molar refractivity (Wildman–Crippen MR) is 136 cm³/mol. The first kappa shape index (κ1) is 23.2. The molecule has 0 atom stereocenters. The molecule has 3 heterocycles. The van der Waals surface area contributed by atoms with Crippen LogP contribution in [0.15, 0.2) is 65.7 Å². The Kier molecular flexibility index (Phi) is 6.44. The minimum absolute atomic E-state index is 0.240. The molecule has 186 valence electrons. The number of piperazine rings is 1. The van der Waals surface area contributed by atoms with Gasteiger partial charge in [0.15, 0.2) is 17.3 Å². The van der Waals surface area contributed by atoms with Gasteiger partial charge in [0.25, 0.3) is 0 Å². The van der Waals surface area contributed by atoms with E-state index in [0.29, 0.717) is 28.7 Å². The van der Waals surface area contributed by atoms with E-state index in [-0.39, 0.29) is 6.54 Å². The Morgan fingerprint density at radius 1 is 0.972 bits per heavy atom. The van der Waals surface area contributed by atoms with Gasteiger partial charge in [0.2, 0.25) is 11.6 Å². The smallest absolute Gasteiger partial charge is 0.350 e. The predicted octanol–water partition coefficient (Wildman–Crippen LogP) is 1.87. The molecule has 1 aliphatic rings. The van der Waals surface area contributed by atoms with Crippen LogP contribution < -0.4 is 30.3 Å². The molecule has 1 aliphatic heterocycles. The van der Waals surface area contributed by atoms with Gasteiger partial charge in [0.1, 0.15) is 6.54 Å². The summed E-state index contributed by atoms with van der Waals surface area (Å²) < 4.78 is 13.1. The number of ether oxygens (including phenoxy) is 2. The number of aromatic nitrogens is 4. The lowest BCUT2D eigenvalue weighted by molar-refractivity contribution is -0.117. The standard InChI is InChI=1S/C25H27N7O4/c1-35-20-9-8-18(16-21(20)36-2)27-22(33)17-32-25(34)31-11-10-26-23(24(31)28-32)30-14-12-29(13-15-30)19-6-4-3-5-7-19/h3-11,16H,12-15,17H2,1-2H3,(H,27,33). The van der Waals surface area contributed by atoms with E-state index >= 15 is 0 Å². The second kappa shape index (κ2) is 9.98. The van der Waals surface area contributed by atoms with Crippen LogP contribution in [0.25, 0.3) is 5.65 Å². The van der Waals surface area contributed by atoms with Crippen molar-refractivity contribution >= 4 is 28.7 Å². The maximum absolute atomic E-state index is 13.0. The van der Waals surface area contributed by atoms with Gasteiger partial charge in [-0.2, -0.15) is 0 Å². The van der Waals surface area contributed by atoms with E-state index in [2.05, 4.69) is 37.3 Å². The summed E-state index contributed by atoms with van der Waals surface area (Å²) in [5.74, 6) is 1.28. The van der Waals surface area contributed by atoms with E-state index in [0.717, 1.165) is 30.9 Å². The number of nitrogens with one attached hydrogen (secondary N) is 1. The first-order chi connectivity index (χ1) is 17.6. The maximum atomic E-state index is 13.0. The summed E-state index contributed by atoms with van der Waals surface area (Å²) in [6.45, 7) is 2.89. The van der Waals surface area contributed by atoms with E-state index in [1.165, 1.54) is 24.3 Å². The van der Waals surface area contributed by atoms with Gasteiger partial charge >= 0.3 is 5.69 Å². The topological polar surface area (TPSA) is 106 Å². The van der Waals surface area contributed by atoms with Gasteiger partial charge in [-0.15, -0.1) is 5.10 Å². The van der Waals surface area contributed by atoms with Crippen molar-refractivity contribution in [2.75, 3.05) is 55.5 Å². The minimum atomic E-state index is -0.404. The summed E-state index contributed by atoms with van der Waals surface area (Å²) in [6.07, 6.45) is 3.15. The van der Waals surface area contributed by atoms with Gasteiger partial charge < -0.3 is 24.6 Å². The summed E-state index contributed by atoms with van der Waals surface area (Å²) >= 11 is 0. The number of para-hydroxylation sites is 1. The fourth-order valence-electron chi connectivity index (χ4n) is 4.33. The molecule has 0 aliphatic carbocycles. The molecule has 1 saturated heterocycles. The quantitative estimate of drug-likeness (QED) is 0.420. The molecule has 2 aromatic heterocycles. The van der Waals surface area contributed by atoms with Crippen LogP contribution in [0.1, 0.15) is 0 Å². The second-order valence-corrected chi connectivity index (χ2v) is 8.31. The minimum Gasteiger partial charge on any atom is -0.493 e. The number of hydrogen-bond donors (Lipinski definition) is 1. The van der Waals surface area contributed by atoms with Crippen LogP contribution in [-0.4, -0.2) is 65.5 Å². The zero-order valence-electron chi connectivity index (χ0n) is 20.1. The molecule has 0 bridgehead atoms. The van der Waals surface area contributed by atoms with E-state index in [9.17, 15) is 9.59 Å². The fourth-order valence-corrected chi connectivity index (χ4v) is 4.33. The van der Waals surface area contributed by atoms with Crippen LogP contribution in [0, 0.1) is 0 Å². The van der Waals surface area contributed by atoms with Crippen LogP contribution >= 0.6 is 0 Å². The molecule has 0 radical (unpaired) electrons. The maximum Gasteiger partial charge on any atom is 0.350 e. The van der Waals surface area contributed by atoms with Crippen molar-refractivity contribution in [2.24, 2.45) is 0 Å². The van der Waals surface area contributed by atoms with Crippen molar-refractivity contribution in [3.63, 3.8) is 0 Å². The van der Waals surface area contributed by atoms with E-state index in [4.69, 9.17) is 9.47 Å². The average Bonchev–Trinajstić information content (AvgIpc) is 3.24. The lowest BCUT2D eigenvalue weighted by Crippen LogP contribution is -2.47. The number of nitrogens with zero attached hydrogens (tertiary/aromatic N) is 6. The summed E-state index contributed by atoms with van der Waals surface area (Å²) in [4.78, 5) is 34.6. The number of benzene rings is 2. The van der Waals surface area contributed by atoms with Gasteiger partial charge in [-0.3, -0.25) is 4.79 Å². The van der Waals surface area contributed by atoms with Crippen LogP contribution in [0.5, 0.6) is 11.5 Å². The molecule has 5 rings (SSSR count). The zero-order valence-corrected chi connectivity index (χ0v) is 20.1. The lowest BCUT2D eigenvalue weighted by Gasteiger charge is -2.36. The molecule has 1 N–H and O–H groups in total. The molecular weight excluding hydrogens is 462 g/mol. The van der Waals surface area contributed by atoms with Gasteiger partial charge in [-0.1, -0.05) is 18.2 Å². The van der Waals surface area contributed by atoms with Crippen molar-refractivity contribution in [3.05, 3.63) is 71.4 Å². The Balaban J connectivity index is 1.32. The van der Waals surface area contributed by atoms with Gasteiger partial charge in [0, 0.05) is 56.0 Å². The molecule has 0 spiro atoms. The molecule has 0 saturated carbocycles. The van der Waals surface area contributed by atoms with E-state index in [1.807, 2.05) is 18.2 Å². The van der Waals surface area contributed by atoms with Gasteiger partial charge in [0.05, 0.1) is 14.2 Å². The second-order valence-electron chi connectivity index (χ2n) is 8.31. The molecule has 36 heavy (non-hydrogen) atoms. The van der Waals surface area contributed by atoms with Crippen molar-refractivity contribution in [3.8, 4) is 11.5 Å². The Morgan fingerprint density at radius 3 is 2.42 bits per heavy atom. The molecular formula is C25H27N7O4. The Labute approximate surface area is 207 Å². The molecule has 1 amide bonds. The zero-order chi connectivity index (χ0) is 25.1. The highest BCUT2D eigenvalue weighted by molar-refractivity contribution is 5.91. The third-order valence-electron chi connectivity index (χ3n) is 6.14. The van der Waals surface area contributed by atoms with Crippen molar-refractivity contribution < 1.29 is 14.3 Å². The highest BCUT2D eigenvalue weighted by Crippen LogP contribution is 2.29. The number of hydrogen-bond acceptors (Lipinski definition) is 8. The number of anilines is 3. The number of carbonyl (C=O) groups excluding carboxylic acids is 1. The number of methoxy groups -OCH3 is 2. The highest BCUT2D eigenvalue weighted by Gasteiger charge is 2.23. The molecule has 1 fully saturated rings. The van der Waals surface area contributed by atoms with Crippen molar-refractivity contribution in [1.29, 1.82) is 0 Å². The van der Waals surface area contributed by atoms with E-state index in [1.54, 1.807) is 30.6 Å². The number of rotatable bonds is 7. The summed E-state index contributed by atoms with van der Waals surface area (Å²) in [5, 5.41) is 7.22. The largest absolute Gasteiger partial charge is 0.493 e. The van der Waals surface area contributed by atoms with Crippen LogP contribution in [0.3, 0.4) is 0 Å². The van der Waals surface area contributed by atoms with Gasteiger partial charge in [-0.25, -0.2) is 18.9 Å². The van der Waals surface area contributed by atoms with Crippen LogP contribution in [-0.2, 0) is 11.3 Å². The first-order valence-electron chi connectivity index (χ1n) is 11.6. The van der Waals surface area contributed by atoms with Gasteiger partial charge in [-0.05, 0) is 24.3 Å². The van der Waals surface area contributed by atoms with Crippen molar-refractivity contribution in [1.82, 2.24) is 19.2 Å². The SMILES string of the molecule is COc1ccc(NC(=O)Cn2nc3c(N4CCN(c5ccccc5)CC4)nccn3c2=O)cc1OC. The number of fused-ring (bicyclic) bond motifs is 1. The molecule has 0 unspecified atom stereocenters. The molecule has 11 nitrogen and oxygen atoms in total. The third-order valence-corrected chi connectivity index (χ3v) is 6.14. The van der Waals surface area contributed by atoms with E-state index < -0.39 is 11.6 Å². The molecule has 11 heteroatoms. The average molecular weight is 490 g/mol. The molecule has 4 aromatic rings. The van der Waals surface area contributed by atoms with Crippen molar-refractivity contribution in [2.45, 2.75) is 6.54 Å². The fraction of sp³-hybridized carbons (Fsp3) is 0.280. The Hall–Kier alpha value is -4.54. The number of amides is 1. The first-order valence-corrected chi connectivity index (χ1v) is 11.6. The summed E-state index contributed by atoms with van der Waals surface area (Å²) in [6, 6.07) is 15.3. The highest BCUT2D eigenvalue weighted by atomic mass is 16.5. The van der Waals surface area contributed by atoms with Crippen LogP contribution in [0.2, 0.25) is 0 Å². The normalized spacial score (nSPS) is 13.6. The monoisotopic (exact) mass is 489 g/mol. The Morgan fingerprint density at radius 2 is 1.69 bits per heavy atom. The lowest BCUT2D eigenvalue weighted by atomic mass is 10.2. The Bertz CT molecular complexity index is 1430. The summed E-state index contributed by atoms with van der Waals surface area (Å²) in [7, 11) is 3.06. The third kappa shape index (κ3) is 4.54. The summed E-state index contributed by atoms with van der Waals surface area (Å²) in [5.41, 5.74) is 1.73.